The molecule has 0 aromatic carbocycles. The van der Waals surface area contributed by atoms with E-state index < -0.39 is 11.9 Å². The Labute approximate surface area is 262 Å². The van der Waals surface area contributed by atoms with E-state index in [2.05, 4.69) is 23.1 Å². The smallest absolute Gasteiger partial charge is 0.550 e. The van der Waals surface area contributed by atoms with Crippen LogP contribution in [0.1, 0.15) is 78.1 Å². The van der Waals surface area contributed by atoms with Crippen LogP contribution in [0.15, 0.2) is 43.5 Å². The molecule has 0 radical (unpaired) electrons. The number of carboxylic acid groups (broad SMARTS) is 2. The van der Waals surface area contributed by atoms with E-state index in [1.165, 1.54) is 0 Å². The Kier molecular flexibility index (Phi) is 9.16. The normalized spacial score (nSPS) is 12.7. The van der Waals surface area contributed by atoms with E-state index in [0.717, 1.165) is 72.5 Å². The molecule has 8 nitrogen and oxygen atoms in total. The molecule has 0 saturated heterocycles. The first-order chi connectivity index (χ1) is 20.0. The van der Waals surface area contributed by atoms with Crippen molar-refractivity contribution in [1.29, 1.82) is 0 Å². The topological polar surface area (TPSA) is 138 Å². The van der Waals surface area contributed by atoms with Crippen LogP contribution in [0.3, 0.4) is 0 Å². The van der Waals surface area contributed by atoms with Gasteiger partial charge in [0.15, 0.2) is 0 Å². The summed E-state index contributed by atoms with van der Waals surface area (Å²) in [6, 6.07) is 7.78. The van der Waals surface area contributed by atoms with E-state index in [1.807, 2.05) is 58.0 Å². The van der Waals surface area contributed by atoms with Gasteiger partial charge in [-0.3, -0.25) is 0 Å². The van der Waals surface area contributed by atoms with Gasteiger partial charge in [0.25, 0.3) is 0 Å². The molecule has 0 unspecified atom stereocenters. The summed E-state index contributed by atoms with van der Waals surface area (Å²) in [5, 5.41) is 22.8. The van der Waals surface area contributed by atoms with E-state index in [9.17, 15) is 19.8 Å². The van der Waals surface area contributed by atoms with Gasteiger partial charge < -0.3 is 29.8 Å². The fraction of sp³-hybridized carbons (Fsp3) is 0.235. The van der Waals surface area contributed by atoms with Crippen LogP contribution in [-0.4, -0.2) is 31.9 Å². The maximum atomic E-state index is 11.4. The van der Waals surface area contributed by atoms with Crippen LogP contribution >= 0.6 is 0 Å². The monoisotopic (exact) mass is 624 g/mol. The second-order valence-corrected chi connectivity index (χ2v) is 10.7. The molecule has 214 valence electrons. The number of aryl methyl sites for hydroxylation is 3. The zero-order valence-corrected chi connectivity index (χ0v) is 27.9. The number of fused-ring (bicyclic) bond motifs is 8. The summed E-state index contributed by atoms with van der Waals surface area (Å²) in [7, 11) is 0. The standard InChI is InChI=1S/C34H34N4O4.Zn/c1-7-21-17(3)25-13-26-19(5)23(9-11-33(39)40)31(37-26)16-32-24(10-12-34(41)42)20(6)28(38-32)15-30-22(8-2)18(4)27(36-30)14-29(21)35-25;/h7-8,13-16,35,38H,1-2,9-12H2,3-6H3,(H,39,40)(H,41,42);/q;+2/p-2. The maximum absolute atomic E-state index is 11.4. The Balaban J connectivity index is 0.00000423. The second kappa shape index (κ2) is 12.5. The van der Waals surface area contributed by atoms with E-state index in [0.29, 0.717) is 16.9 Å². The Morgan fingerprint density at radius 1 is 0.721 bits per heavy atom. The molecule has 2 aliphatic rings. The Hall–Kier alpha value is -4.36. The minimum Gasteiger partial charge on any atom is -0.550 e. The molecule has 3 aromatic heterocycles. The summed E-state index contributed by atoms with van der Waals surface area (Å²) in [6.07, 6.45) is 3.81. The number of nitrogens with one attached hydrogen (secondary N) is 2. The number of aromatic nitrogens is 4. The van der Waals surface area contributed by atoms with Crippen LogP contribution in [-0.2, 0) is 35.5 Å². The third-order valence-corrected chi connectivity index (χ3v) is 8.20. The first-order valence-corrected chi connectivity index (χ1v) is 13.8. The summed E-state index contributed by atoms with van der Waals surface area (Å²) in [5.41, 5.74) is 13.3. The molecule has 5 heterocycles. The number of nitrogens with zero attached hydrogens (tertiary/aromatic N) is 2. The molecule has 0 amide bonds. The summed E-state index contributed by atoms with van der Waals surface area (Å²) < 4.78 is 0. The zero-order valence-electron chi connectivity index (χ0n) is 24.9. The number of carbonyl (C=O) groups is 2. The van der Waals surface area contributed by atoms with Gasteiger partial charge in [-0.2, -0.15) is 0 Å². The molecular weight excluding hydrogens is 594 g/mol. The molecule has 0 spiro atoms. The first-order valence-electron chi connectivity index (χ1n) is 13.8. The molecule has 0 atom stereocenters. The number of carbonyl (C=O) groups excluding carboxylic acids is 2. The summed E-state index contributed by atoms with van der Waals surface area (Å²) in [4.78, 5) is 39.7. The molecule has 5 rings (SSSR count). The van der Waals surface area contributed by atoms with Crippen molar-refractivity contribution in [2.75, 3.05) is 0 Å². The number of aliphatic carboxylic acids is 2. The van der Waals surface area contributed by atoms with Crippen LogP contribution in [0.4, 0.5) is 0 Å². The molecule has 43 heavy (non-hydrogen) atoms. The molecular formula is C34H32N4O4Zn. The van der Waals surface area contributed by atoms with Gasteiger partial charge >= 0.3 is 19.5 Å². The average Bonchev–Trinajstić information content (AvgIpc) is 3.59. The predicted molar refractivity (Wildman–Crippen MR) is 163 cm³/mol. The fourth-order valence-electron chi connectivity index (χ4n) is 5.76. The van der Waals surface area contributed by atoms with E-state index >= 15 is 0 Å². The van der Waals surface area contributed by atoms with Gasteiger partial charge in [0, 0.05) is 45.1 Å². The number of allylic oxidation sites excluding steroid dienone is 5. The van der Waals surface area contributed by atoms with E-state index in [1.54, 1.807) is 6.08 Å². The number of hydrogen-bond donors (Lipinski definition) is 2. The van der Waals surface area contributed by atoms with Crippen molar-refractivity contribution in [3.8, 4) is 0 Å². The quantitative estimate of drug-likeness (QED) is 0.344. The molecule has 2 aliphatic heterocycles. The number of aromatic amines is 2. The molecule has 0 fully saturated rings. The Morgan fingerprint density at radius 2 is 1.26 bits per heavy atom. The molecule has 0 saturated carbocycles. The molecule has 3 aromatic rings. The third-order valence-electron chi connectivity index (χ3n) is 8.20. The van der Waals surface area contributed by atoms with Crippen molar-refractivity contribution < 1.29 is 39.3 Å². The largest absolute Gasteiger partial charge is 2.00 e. The van der Waals surface area contributed by atoms with Gasteiger partial charge in [-0.25, -0.2) is 9.97 Å². The van der Waals surface area contributed by atoms with Crippen molar-refractivity contribution >= 4 is 62.4 Å². The minimum absolute atomic E-state index is 0. The van der Waals surface area contributed by atoms with Crippen LogP contribution in [0.25, 0.3) is 50.4 Å². The van der Waals surface area contributed by atoms with Gasteiger partial charge in [0.05, 0.1) is 22.8 Å². The number of hydrogen-bond acceptors (Lipinski definition) is 6. The average molecular weight is 626 g/mol. The Morgan fingerprint density at radius 3 is 1.91 bits per heavy atom. The summed E-state index contributed by atoms with van der Waals surface area (Å²) in [6.45, 7) is 15.9. The minimum atomic E-state index is -1.14. The van der Waals surface area contributed by atoms with Crippen molar-refractivity contribution in [2.24, 2.45) is 0 Å². The zero-order chi connectivity index (χ0) is 30.3. The molecule has 0 aliphatic carbocycles. The predicted octanol–water partition coefficient (Wildman–Crippen LogP) is 4.83. The van der Waals surface area contributed by atoms with Crippen LogP contribution < -0.4 is 10.2 Å². The number of carboxylic acids is 2. The third kappa shape index (κ3) is 5.95. The van der Waals surface area contributed by atoms with Crippen LogP contribution in [0.2, 0.25) is 0 Å². The van der Waals surface area contributed by atoms with Crippen molar-refractivity contribution in [2.45, 2.75) is 53.4 Å². The molecule has 8 bridgehead atoms. The SMILES string of the molecule is C=CC1=C(C)c2cc3[nH]c(cc4nc(cc5[nH]c(cc1n2)c(C)c5CCC(=O)[O-])C(CCC(=O)[O-])=C4C)c(C)c3C=C.[Zn+2]. The first kappa shape index (κ1) is 31.6. The van der Waals surface area contributed by atoms with Crippen LogP contribution in [0, 0.1) is 13.8 Å². The van der Waals surface area contributed by atoms with E-state index in [4.69, 9.17) is 9.97 Å². The van der Waals surface area contributed by atoms with Gasteiger partial charge in [0.1, 0.15) is 0 Å². The van der Waals surface area contributed by atoms with Gasteiger partial charge in [-0.1, -0.05) is 25.3 Å². The van der Waals surface area contributed by atoms with Gasteiger partial charge in [0.2, 0.25) is 0 Å². The number of H-pyrrole nitrogens is 2. The summed E-state index contributed by atoms with van der Waals surface area (Å²) in [5.74, 6) is -2.28. The van der Waals surface area contributed by atoms with Crippen molar-refractivity contribution in [1.82, 2.24) is 19.9 Å². The Bertz CT molecular complexity index is 1920. The van der Waals surface area contributed by atoms with Crippen LogP contribution in [0.5, 0.6) is 0 Å². The van der Waals surface area contributed by atoms with Crippen molar-refractivity contribution in [3.63, 3.8) is 0 Å². The molecule has 2 N–H and O–H groups in total. The van der Waals surface area contributed by atoms with E-state index in [-0.39, 0.29) is 45.2 Å². The maximum Gasteiger partial charge on any atom is 2.00 e. The van der Waals surface area contributed by atoms with Gasteiger partial charge in [-0.15, -0.1) is 0 Å². The molecule has 9 heteroatoms. The van der Waals surface area contributed by atoms with Crippen molar-refractivity contribution in [3.05, 3.63) is 88.5 Å². The fourth-order valence-corrected chi connectivity index (χ4v) is 5.76. The van der Waals surface area contributed by atoms with Gasteiger partial charge in [-0.05, 0) is 111 Å². The number of rotatable bonds is 8. The summed E-state index contributed by atoms with van der Waals surface area (Å²) >= 11 is 0. The second-order valence-electron chi connectivity index (χ2n) is 10.7.